The molecule has 134 valence electrons. The zero-order valence-electron chi connectivity index (χ0n) is 15.0. The molecule has 26 heavy (non-hydrogen) atoms. The number of carbonyl (C=O) groups excluding carboxylic acids is 1. The molecule has 6 heteroatoms. The van der Waals surface area contributed by atoms with Gasteiger partial charge in [-0.3, -0.25) is 14.2 Å². The Balaban J connectivity index is 2.16. The number of benzene rings is 2. The summed E-state index contributed by atoms with van der Waals surface area (Å²) in [4.78, 5) is 29.9. The number of para-hydroxylation sites is 1. The van der Waals surface area contributed by atoms with Gasteiger partial charge >= 0.3 is 0 Å². The predicted molar refractivity (Wildman–Crippen MR) is 106 cm³/mol. The summed E-state index contributed by atoms with van der Waals surface area (Å²) in [6.07, 6.45) is 0. The maximum absolute atomic E-state index is 13.1. The minimum absolute atomic E-state index is 0.0737. The number of rotatable bonds is 5. The lowest BCUT2D eigenvalue weighted by Crippen LogP contribution is -2.31. The zero-order chi connectivity index (χ0) is 18.7. The number of nitrogens with one attached hydrogen (secondary N) is 1. The van der Waals surface area contributed by atoms with E-state index < -0.39 is 0 Å². The first-order valence-corrected chi connectivity index (χ1v) is 9.42. The van der Waals surface area contributed by atoms with Crippen molar-refractivity contribution in [3.05, 3.63) is 64.4 Å². The summed E-state index contributed by atoms with van der Waals surface area (Å²) in [6, 6.07) is 15.0. The van der Waals surface area contributed by atoms with Crippen LogP contribution in [0.1, 0.15) is 19.4 Å². The first kappa shape index (κ1) is 18.2. The smallest absolute Gasteiger partial charge is 0.266 e. The standard InChI is InChI=1S/C20H21N3O2S/c1-4-21-18(24)14(3)26-20-22-17-8-6-5-7-16(17)19(25)23(20)15-11-9-13(2)10-12-15/h5-12,14H,4H2,1-3H3,(H,21,24)/t14-/m0/s1. The SMILES string of the molecule is CCNC(=O)[C@H](C)Sc1nc2ccccc2c(=O)n1-c1ccc(C)cc1. The molecule has 0 unspecified atom stereocenters. The van der Waals surface area contributed by atoms with Gasteiger partial charge in [-0.1, -0.05) is 41.6 Å². The third-order valence-electron chi connectivity index (χ3n) is 4.04. The molecular weight excluding hydrogens is 346 g/mol. The van der Waals surface area contributed by atoms with E-state index >= 15 is 0 Å². The van der Waals surface area contributed by atoms with Crippen LogP contribution in [0.4, 0.5) is 0 Å². The lowest BCUT2D eigenvalue weighted by Gasteiger charge is -2.16. The first-order valence-electron chi connectivity index (χ1n) is 8.54. The molecule has 0 aliphatic carbocycles. The number of fused-ring (bicyclic) bond motifs is 1. The normalized spacial score (nSPS) is 12.1. The molecular formula is C20H21N3O2S. The highest BCUT2D eigenvalue weighted by Crippen LogP contribution is 2.25. The molecule has 2 aromatic carbocycles. The Bertz CT molecular complexity index is 996. The summed E-state index contributed by atoms with van der Waals surface area (Å²) in [6.45, 7) is 6.26. The van der Waals surface area contributed by atoms with Crippen LogP contribution in [0, 0.1) is 6.92 Å². The Morgan fingerprint density at radius 3 is 2.58 bits per heavy atom. The molecule has 0 fully saturated rings. The maximum Gasteiger partial charge on any atom is 0.266 e. The van der Waals surface area contributed by atoms with Gasteiger partial charge in [0.2, 0.25) is 5.91 Å². The molecule has 0 aliphatic rings. The van der Waals surface area contributed by atoms with Crippen molar-refractivity contribution in [2.45, 2.75) is 31.2 Å². The molecule has 1 aromatic heterocycles. The molecule has 3 aromatic rings. The van der Waals surface area contributed by atoms with Gasteiger partial charge in [0.15, 0.2) is 5.16 Å². The van der Waals surface area contributed by atoms with E-state index in [9.17, 15) is 9.59 Å². The summed E-state index contributed by atoms with van der Waals surface area (Å²) >= 11 is 1.29. The van der Waals surface area contributed by atoms with Crippen LogP contribution in [-0.4, -0.2) is 27.3 Å². The lowest BCUT2D eigenvalue weighted by molar-refractivity contribution is -0.120. The van der Waals surface area contributed by atoms with Gasteiger partial charge in [-0.25, -0.2) is 4.98 Å². The van der Waals surface area contributed by atoms with E-state index in [1.54, 1.807) is 10.6 Å². The molecule has 1 atom stereocenters. The molecule has 5 nitrogen and oxygen atoms in total. The molecule has 0 saturated heterocycles. The van der Waals surface area contributed by atoms with Gasteiger partial charge in [-0.05, 0) is 45.0 Å². The number of hydrogen-bond acceptors (Lipinski definition) is 4. The van der Waals surface area contributed by atoms with E-state index in [4.69, 9.17) is 0 Å². The topological polar surface area (TPSA) is 64.0 Å². The number of amides is 1. The van der Waals surface area contributed by atoms with Crippen molar-refractivity contribution in [1.82, 2.24) is 14.9 Å². The molecule has 0 radical (unpaired) electrons. The Labute approximate surface area is 156 Å². The van der Waals surface area contributed by atoms with Gasteiger partial charge < -0.3 is 5.32 Å². The number of thioether (sulfide) groups is 1. The average molecular weight is 367 g/mol. The van der Waals surface area contributed by atoms with Crippen LogP contribution in [0.5, 0.6) is 0 Å². The Hall–Kier alpha value is -2.60. The van der Waals surface area contributed by atoms with Crippen LogP contribution in [0.3, 0.4) is 0 Å². The van der Waals surface area contributed by atoms with Gasteiger partial charge in [0.25, 0.3) is 5.56 Å². The molecule has 1 N–H and O–H groups in total. The second-order valence-electron chi connectivity index (χ2n) is 6.04. The van der Waals surface area contributed by atoms with Gasteiger partial charge in [0.05, 0.1) is 21.8 Å². The fourth-order valence-corrected chi connectivity index (χ4v) is 3.59. The minimum Gasteiger partial charge on any atom is -0.355 e. The fourth-order valence-electron chi connectivity index (χ4n) is 2.64. The number of carbonyl (C=O) groups is 1. The van der Waals surface area contributed by atoms with Crippen molar-refractivity contribution in [1.29, 1.82) is 0 Å². The van der Waals surface area contributed by atoms with Crippen LogP contribution in [0.25, 0.3) is 16.6 Å². The van der Waals surface area contributed by atoms with Crippen molar-refractivity contribution < 1.29 is 4.79 Å². The third-order valence-corrected chi connectivity index (χ3v) is 5.09. The summed E-state index contributed by atoms with van der Waals surface area (Å²) in [5.41, 5.74) is 2.35. The van der Waals surface area contributed by atoms with Crippen LogP contribution in [-0.2, 0) is 4.79 Å². The Morgan fingerprint density at radius 1 is 1.19 bits per heavy atom. The Morgan fingerprint density at radius 2 is 1.88 bits per heavy atom. The predicted octanol–water partition coefficient (Wildman–Crippen LogP) is 3.31. The number of nitrogens with zero attached hydrogens (tertiary/aromatic N) is 2. The summed E-state index contributed by atoms with van der Waals surface area (Å²) in [5.74, 6) is -0.0737. The van der Waals surface area contributed by atoms with Gasteiger partial charge in [0, 0.05) is 6.54 Å². The maximum atomic E-state index is 13.1. The molecule has 0 saturated carbocycles. The van der Waals surface area contributed by atoms with Crippen molar-refractivity contribution in [3.63, 3.8) is 0 Å². The first-order chi connectivity index (χ1) is 12.5. The fraction of sp³-hybridized carbons (Fsp3) is 0.250. The highest BCUT2D eigenvalue weighted by atomic mass is 32.2. The minimum atomic E-state index is -0.361. The summed E-state index contributed by atoms with van der Waals surface area (Å²) in [5, 5.41) is 3.52. The van der Waals surface area contributed by atoms with E-state index in [1.165, 1.54) is 11.8 Å². The lowest BCUT2D eigenvalue weighted by atomic mass is 10.2. The van der Waals surface area contributed by atoms with E-state index in [-0.39, 0.29) is 16.7 Å². The molecule has 0 spiro atoms. The van der Waals surface area contributed by atoms with Gasteiger partial charge in [-0.2, -0.15) is 0 Å². The van der Waals surface area contributed by atoms with Crippen LogP contribution >= 0.6 is 11.8 Å². The monoisotopic (exact) mass is 367 g/mol. The molecule has 0 aliphatic heterocycles. The quantitative estimate of drug-likeness (QED) is 0.555. The van der Waals surface area contributed by atoms with E-state index in [0.29, 0.717) is 22.6 Å². The molecule has 0 bridgehead atoms. The van der Waals surface area contributed by atoms with E-state index in [2.05, 4.69) is 10.3 Å². The average Bonchev–Trinajstić information content (AvgIpc) is 2.63. The van der Waals surface area contributed by atoms with Crippen molar-refractivity contribution in [3.8, 4) is 5.69 Å². The number of aromatic nitrogens is 2. The van der Waals surface area contributed by atoms with E-state index in [1.807, 2.05) is 63.2 Å². The third kappa shape index (κ3) is 3.65. The van der Waals surface area contributed by atoms with Crippen molar-refractivity contribution >= 4 is 28.6 Å². The molecule has 3 rings (SSSR count). The highest BCUT2D eigenvalue weighted by Gasteiger charge is 2.19. The van der Waals surface area contributed by atoms with E-state index in [0.717, 1.165) is 11.3 Å². The number of aryl methyl sites for hydroxylation is 1. The summed E-state index contributed by atoms with van der Waals surface area (Å²) in [7, 11) is 0. The van der Waals surface area contributed by atoms with Crippen molar-refractivity contribution in [2.24, 2.45) is 0 Å². The van der Waals surface area contributed by atoms with Crippen LogP contribution in [0.2, 0.25) is 0 Å². The van der Waals surface area contributed by atoms with Crippen LogP contribution < -0.4 is 10.9 Å². The second kappa shape index (κ2) is 7.74. The van der Waals surface area contributed by atoms with Crippen LogP contribution in [0.15, 0.2) is 58.5 Å². The van der Waals surface area contributed by atoms with Gasteiger partial charge in [0.1, 0.15) is 0 Å². The second-order valence-corrected chi connectivity index (χ2v) is 7.35. The van der Waals surface area contributed by atoms with Crippen molar-refractivity contribution in [2.75, 3.05) is 6.54 Å². The zero-order valence-corrected chi connectivity index (χ0v) is 15.8. The molecule has 1 amide bonds. The summed E-state index contributed by atoms with van der Waals surface area (Å²) < 4.78 is 1.59. The molecule has 1 heterocycles. The number of hydrogen-bond donors (Lipinski definition) is 1. The largest absolute Gasteiger partial charge is 0.355 e. The highest BCUT2D eigenvalue weighted by molar-refractivity contribution is 8.00. The van der Waals surface area contributed by atoms with Gasteiger partial charge in [-0.15, -0.1) is 0 Å². The Kier molecular flexibility index (Phi) is 5.42.